The summed E-state index contributed by atoms with van der Waals surface area (Å²) in [6, 6.07) is 0. The molecule has 0 bridgehead atoms. The third-order valence-electron chi connectivity index (χ3n) is 0.816. The molecule has 0 spiro atoms. The molecule has 0 aromatic carbocycles. The van der Waals surface area contributed by atoms with Gasteiger partial charge in [-0.05, 0) is 7.05 Å². The van der Waals surface area contributed by atoms with Gasteiger partial charge >= 0.3 is 0 Å². The second-order valence-electron chi connectivity index (χ2n) is 1.61. The van der Waals surface area contributed by atoms with Crippen LogP contribution in [0.1, 0.15) is 0 Å². The van der Waals surface area contributed by atoms with E-state index in [2.05, 4.69) is 11.9 Å². The van der Waals surface area contributed by atoms with Crippen LogP contribution in [0.3, 0.4) is 0 Å². The largest absolute Gasteiger partial charge is 0.316 e. The van der Waals surface area contributed by atoms with Crippen LogP contribution < -0.4 is 5.32 Å². The van der Waals surface area contributed by atoms with Crippen LogP contribution in [0.25, 0.3) is 0 Å². The fourth-order valence-corrected chi connectivity index (χ4v) is 0.407. The zero-order valence-corrected chi connectivity index (χ0v) is 5.80. The van der Waals surface area contributed by atoms with Gasteiger partial charge in [0.25, 0.3) is 0 Å². The number of allylic oxidation sites excluding steroid dienone is 4. The third-order valence-corrected chi connectivity index (χ3v) is 0.816. The first-order valence-corrected chi connectivity index (χ1v) is 3.00. The molecule has 0 aliphatic rings. The minimum atomic E-state index is 0.918. The van der Waals surface area contributed by atoms with Crippen LogP contribution in [-0.2, 0) is 0 Å². The first-order chi connectivity index (χ1) is 4.41. The van der Waals surface area contributed by atoms with Crippen molar-refractivity contribution in [2.45, 2.75) is 0 Å². The van der Waals surface area contributed by atoms with E-state index in [0.29, 0.717) is 0 Å². The SMILES string of the molecule is C=C/C=C\C=C\CNC. The summed E-state index contributed by atoms with van der Waals surface area (Å²) < 4.78 is 0. The summed E-state index contributed by atoms with van der Waals surface area (Å²) in [4.78, 5) is 0. The van der Waals surface area contributed by atoms with Crippen molar-refractivity contribution in [3.05, 3.63) is 37.0 Å². The predicted octanol–water partition coefficient (Wildman–Crippen LogP) is 1.50. The lowest BCUT2D eigenvalue weighted by atomic mass is 10.4. The topological polar surface area (TPSA) is 12.0 Å². The summed E-state index contributed by atoms with van der Waals surface area (Å²) >= 11 is 0. The summed E-state index contributed by atoms with van der Waals surface area (Å²) in [5.74, 6) is 0. The molecule has 0 aliphatic heterocycles. The van der Waals surface area contributed by atoms with Crippen LogP contribution in [0.2, 0.25) is 0 Å². The van der Waals surface area contributed by atoms with E-state index in [1.165, 1.54) is 0 Å². The van der Waals surface area contributed by atoms with E-state index in [1.54, 1.807) is 6.08 Å². The van der Waals surface area contributed by atoms with Crippen molar-refractivity contribution in [2.24, 2.45) is 0 Å². The van der Waals surface area contributed by atoms with Crippen LogP contribution >= 0.6 is 0 Å². The third kappa shape index (κ3) is 7.18. The van der Waals surface area contributed by atoms with Crippen molar-refractivity contribution in [3.63, 3.8) is 0 Å². The molecule has 1 N–H and O–H groups in total. The summed E-state index contributed by atoms with van der Waals surface area (Å²) in [5, 5.41) is 3.00. The Morgan fingerprint density at radius 1 is 1.33 bits per heavy atom. The molecule has 0 aliphatic carbocycles. The Balaban J connectivity index is 3.23. The number of hydrogen-bond donors (Lipinski definition) is 1. The van der Waals surface area contributed by atoms with E-state index in [0.717, 1.165) is 6.54 Å². The summed E-state index contributed by atoms with van der Waals surface area (Å²) in [5.41, 5.74) is 0. The van der Waals surface area contributed by atoms with Crippen LogP contribution in [0.5, 0.6) is 0 Å². The van der Waals surface area contributed by atoms with Crippen LogP contribution in [-0.4, -0.2) is 13.6 Å². The normalized spacial score (nSPS) is 11.2. The molecule has 50 valence electrons. The predicted molar refractivity (Wildman–Crippen MR) is 42.4 cm³/mol. The van der Waals surface area contributed by atoms with Crippen molar-refractivity contribution in [3.8, 4) is 0 Å². The van der Waals surface area contributed by atoms with Gasteiger partial charge in [0.05, 0.1) is 0 Å². The van der Waals surface area contributed by atoms with Gasteiger partial charge in [0.1, 0.15) is 0 Å². The molecule has 9 heavy (non-hydrogen) atoms. The molecular weight excluding hydrogens is 110 g/mol. The quantitative estimate of drug-likeness (QED) is 0.559. The number of rotatable bonds is 4. The van der Waals surface area contributed by atoms with E-state index in [-0.39, 0.29) is 0 Å². The average molecular weight is 123 g/mol. The zero-order chi connectivity index (χ0) is 6.95. The molecular formula is C8H13N. The van der Waals surface area contributed by atoms with Gasteiger partial charge in [0.2, 0.25) is 0 Å². The van der Waals surface area contributed by atoms with Gasteiger partial charge in [-0.15, -0.1) is 0 Å². The second kappa shape index (κ2) is 7.18. The summed E-state index contributed by atoms with van der Waals surface area (Å²) in [7, 11) is 1.92. The highest BCUT2D eigenvalue weighted by Gasteiger charge is 1.64. The lowest BCUT2D eigenvalue weighted by Crippen LogP contribution is -2.03. The molecule has 0 aromatic heterocycles. The second-order valence-corrected chi connectivity index (χ2v) is 1.61. The lowest BCUT2D eigenvalue weighted by Gasteiger charge is -1.83. The number of nitrogens with one attached hydrogen (secondary N) is 1. The molecule has 0 unspecified atom stereocenters. The number of likely N-dealkylation sites (N-methyl/N-ethyl adjacent to an activating group) is 1. The molecule has 0 atom stereocenters. The van der Waals surface area contributed by atoms with Gasteiger partial charge in [0, 0.05) is 6.54 Å². The van der Waals surface area contributed by atoms with E-state index < -0.39 is 0 Å². The standard InChI is InChI=1S/C8H13N/c1-3-4-5-6-7-8-9-2/h3-7,9H,1,8H2,2H3/b5-4-,7-6+. The fraction of sp³-hybridized carbons (Fsp3) is 0.250. The van der Waals surface area contributed by atoms with E-state index in [4.69, 9.17) is 0 Å². The minimum Gasteiger partial charge on any atom is -0.316 e. The van der Waals surface area contributed by atoms with Crippen molar-refractivity contribution in [1.29, 1.82) is 0 Å². The average Bonchev–Trinajstić information content (AvgIpc) is 1.89. The highest BCUT2D eigenvalue weighted by molar-refractivity contribution is 5.08. The molecule has 0 aromatic rings. The van der Waals surface area contributed by atoms with E-state index in [1.807, 2.05) is 31.4 Å². The Morgan fingerprint density at radius 3 is 2.67 bits per heavy atom. The highest BCUT2D eigenvalue weighted by Crippen LogP contribution is 1.75. The first kappa shape index (κ1) is 8.18. The van der Waals surface area contributed by atoms with Gasteiger partial charge in [-0.1, -0.05) is 37.0 Å². The summed E-state index contributed by atoms with van der Waals surface area (Å²) in [6.45, 7) is 4.46. The van der Waals surface area contributed by atoms with Crippen molar-refractivity contribution < 1.29 is 0 Å². The van der Waals surface area contributed by atoms with Gasteiger partial charge < -0.3 is 5.32 Å². The van der Waals surface area contributed by atoms with Gasteiger partial charge in [-0.2, -0.15) is 0 Å². The molecule has 0 heterocycles. The lowest BCUT2D eigenvalue weighted by molar-refractivity contribution is 0.920. The number of hydrogen-bond acceptors (Lipinski definition) is 1. The van der Waals surface area contributed by atoms with Crippen molar-refractivity contribution in [2.75, 3.05) is 13.6 Å². The zero-order valence-electron chi connectivity index (χ0n) is 5.80. The molecule has 1 nitrogen and oxygen atoms in total. The van der Waals surface area contributed by atoms with Crippen LogP contribution in [0.15, 0.2) is 37.0 Å². The Morgan fingerprint density at radius 2 is 2.11 bits per heavy atom. The monoisotopic (exact) mass is 123 g/mol. The Labute approximate surface area is 56.8 Å². The van der Waals surface area contributed by atoms with Crippen LogP contribution in [0, 0.1) is 0 Å². The molecule has 0 rings (SSSR count). The molecule has 0 radical (unpaired) electrons. The minimum absolute atomic E-state index is 0.918. The van der Waals surface area contributed by atoms with E-state index in [9.17, 15) is 0 Å². The maximum absolute atomic E-state index is 3.54. The summed E-state index contributed by atoms with van der Waals surface area (Å²) in [6.07, 6.45) is 9.62. The maximum Gasteiger partial charge on any atom is 0.0134 e. The smallest absolute Gasteiger partial charge is 0.0134 e. The van der Waals surface area contributed by atoms with Gasteiger partial charge in [-0.3, -0.25) is 0 Å². The molecule has 0 saturated heterocycles. The Kier molecular flexibility index (Phi) is 6.53. The highest BCUT2D eigenvalue weighted by atomic mass is 14.8. The Hall–Kier alpha value is -0.820. The first-order valence-electron chi connectivity index (χ1n) is 3.00. The molecule has 1 heteroatoms. The van der Waals surface area contributed by atoms with Crippen molar-refractivity contribution in [1.82, 2.24) is 5.32 Å². The van der Waals surface area contributed by atoms with Crippen molar-refractivity contribution >= 4 is 0 Å². The Bertz CT molecular complexity index is 112. The maximum atomic E-state index is 3.54. The fourth-order valence-electron chi connectivity index (χ4n) is 0.407. The van der Waals surface area contributed by atoms with Gasteiger partial charge in [0.15, 0.2) is 0 Å². The molecule has 0 fully saturated rings. The molecule has 0 amide bonds. The van der Waals surface area contributed by atoms with Crippen LogP contribution in [0.4, 0.5) is 0 Å². The molecule has 0 saturated carbocycles. The van der Waals surface area contributed by atoms with E-state index >= 15 is 0 Å². The van der Waals surface area contributed by atoms with Gasteiger partial charge in [-0.25, -0.2) is 0 Å².